The lowest BCUT2D eigenvalue weighted by Gasteiger charge is -2.26. The van der Waals surface area contributed by atoms with Gasteiger partial charge < -0.3 is 10.5 Å². The molecular formula is C11H16BrNO. The minimum absolute atomic E-state index is 0.210. The number of rotatable bonds is 4. The first-order valence-electron chi connectivity index (χ1n) is 4.69. The molecule has 0 fully saturated rings. The van der Waals surface area contributed by atoms with E-state index in [9.17, 15) is 0 Å². The van der Waals surface area contributed by atoms with E-state index in [4.69, 9.17) is 10.5 Å². The molecule has 1 aromatic rings. The minimum Gasteiger partial charge on any atom is -0.487 e. The predicted octanol–water partition coefficient (Wildman–Crippen LogP) is 2.96. The van der Waals surface area contributed by atoms with Crippen molar-refractivity contribution in [1.29, 1.82) is 0 Å². The summed E-state index contributed by atoms with van der Waals surface area (Å²) in [6.07, 6.45) is 0.842. The van der Waals surface area contributed by atoms with Crippen LogP contribution in [0.3, 0.4) is 0 Å². The fraction of sp³-hybridized carbons (Fsp3) is 0.455. The van der Waals surface area contributed by atoms with E-state index in [1.807, 2.05) is 38.1 Å². The highest BCUT2D eigenvalue weighted by Crippen LogP contribution is 2.28. The summed E-state index contributed by atoms with van der Waals surface area (Å²) in [6.45, 7) is 4.72. The van der Waals surface area contributed by atoms with Gasteiger partial charge >= 0.3 is 0 Å². The van der Waals surface area contributed by atoms with Crippen molar-refractivity contribution >= 4 is 15.9 Å². The van der Waals surface area contributed by atoms with Crippen LogP contribution in [-0.2, 0) is 0 Å². The fourth-order valence-electron chi connectivity index (χ4n) is 1.22. The highest BCUT2D eigenvalue weighted by atomic mass is 79.9. The van der Waals surface area contributed by atoms with Crippen molar-refractivity contribution in [2.45, 2.75) is 25.9 Å². The van der Waals surface area contributed by atoms with Crippen molar-refractivity contribution in [2.24, 2.45) is 5.73 Å². The lowest BCUT2D eigenvalue weighted by molar-refractivity contribution is 0.101. The summed E-state index contributed by atoms with van der Waals surface area (Å²) in [5.41, 5.74) is 5.30. The highest BCUT2D eigenvalue weighted by Gasteiger charge is 2.19. The Labute approximate surface area is 93.6 Å². The van der Waals surface area contributed by atoms with Gasteiger partial charge in [-0.1, -0.05) is 12.1 Å². The van der Waals surface area contributed by atoms with E-state index < -0.39 is 0 Å². The normalized spacial score (nSPS) is 11.4. The second kappa shape index (κ2) is 4.80. The maximum atomic E-state index is 5.85. The maximum absolute atomic E-state index is 5.85. The van der Waals surface area contributed by atoms with Gasteiger partial charge in [0, 0.05) is 0 Å². The van der Waals surface area contributed by atoms with Crippen LogP contribution in [0.4, 0.5) is 0 Å². The van der Waals surface area contributed by atoms with Crippen molar-refractivity contribution < 1.29 is 4.74 Å². The van der Waals surface area contributed by atoms with Gasteiger partial charge in [-0.2, -0.15) is 0 Å². The third-order valence-electron chi connectivity index (χ3n) is 1.97. The lowest BCUT2D eigenvalue weighted by Crippen LogP contribution is -2.31. The molecule has 2 nitrogen and oxygen atoms in total. The van der Waals surface area contributed by atoms with Crippen molar-refractivity contribution in [3.8, 4) is 5.75 Å². The number of benzene rings is 1. The smallest absolute Gasteiger partial charge is 0.134 e. The largest absolute Gasteiger partial charge is 0.487 e. The fourth-order valence-corrected chi connectivity index (χ4v) is 1.59. The number of hydrogen-bond donors (Lipinski definition) is 1. The Kier molecular flexibility index (Phi) is 3.96. The molecule has 0 atom stereocenters. The first kappa shape index (κ1) is 11.5. The molecule has 14 heavy (non-hydrogen) atoms. The quantitative estimate of drug-likeness (QED) is 0.901. The average Bonchev–Trinajstić information content (AvgIpc) is 2.08. The van der Waals surface area contributed by atoms with Crippen LogP contribution in [0.1, 0.15) is 20.3 Å². The third kappa shape index (κ3) is 3.31. The van der Waals surface area contributed by atoms with Gasteiger partial charge in [0.25, 0.3) is 0 Å². The Hall–Kier alpha value is -0.540. The summed E-state index contributed by atoms with van der Waals surface area (Å²) in [5.74, 6) is 0.867. The molecule has 0 saturated heterocycles. The highest BCUT2D eigenvalue weighted by molar-refractivity contribution is 9.10. The number of halogens is 1. The van der Waals surface area contributed by atoms with Gasteiger partial charge in [0.05, 0.1) is 4.47 Å². The van der Waals surface area contributed by atoms with E-state index in [-0.39, 0.29) is 5.60 Å². The topological polar surface area (TPSA) is 35.2 Å². The van der Waals surface area contributed by atoms with Crippen LogP contribution in [0.5, 0.6) is 5.75 Å². The molecule has 0 aliphatic rings. The van der Waals surface area contributed by atoms with Crippen molar-refractivity contribution in [2.75, 3.05) is 6.54 Å². The summed E-state index contributed by atoms with van der Waals surface area (Å²) in [5, 5.41) is 0. The summed E-state index contributed by atoms with van der Waals surface area (Å²) >= 11 is 3.44. The van der Waals surface area contributed by atoms with Crippen molar-refractivity contribution in [3.05, 3.63) is 28.7 Å². The van der Waals surface area contributed by atoms with Crippen LogP contribution in [0, 0.1) is 0 Å². The first-order chi connectivity index (χ1) is 6.55. The summed E-state index contributed by atoms with van der Waals surface area (Å²) in [7, 11) is 0. The van der Waals surface area contributed by atoms with Crippen LogP contribution in [-0.4, -0.2) is 12.1 Å². The van der Waals surface area contributed by atoms with Crippen LogP contribution in [0.25, 0.3) is 0 Å². The third-order valence-corrected chi connectivity index (χ3v) is 2.62. The van der Waals surface area contributed by atoms with Gasteiger partial charge in [0.1, 0.15) is 11.4 Å². The summed E-state index contributed by atoms with van der Waals surface area (Å²) in [6, 6.07) is 7.84. The van der Waals surface area contributed by atoms with Gasteiger partial charge in [-0.3, -0.25) is 0 Å². The van der Waals surface area contributed by atoms with Crippen LogP contribution in [0.15, 0.2) is 28.7 Å². The van der Waals surface area contributed by atoms with Crippen LogP contribution < -0.4 is 10.5 Å². The molecule has 1 rings (SSSR count). The Morgan fingerprint density at radius 2 is 2.00 bits per heavy atom. The predicted molar refractivity (Wildman–Crippen MR) is 62.5 cm³/mol. The zero-order chi connectivity index (χ0) is 10.6. The summed E-state index contributed by atoms with van der Waals surface area (Å²) in [4.78, 5) is 0. The molecule has 0 aromatic heterocycles. The number of ether oxygens (including phenoxy) is 1. The van der Waals surface area contributed by atoms with Gasteiger partial charge in [-0.15, -0.1) is 0 Å². The van der Waals surface area contributed by atoms with E-state index in [1.54, 1.807) is 0 Å². The molecule has 0 saturated carbocycles. The van der Waals surface area contributed by atoms with E-state index in [1.165, 1.54) is 0 Å². The molecule has 3 heteroatoms. The molecule has 0 aliphatic heterocycles. The van der Waals surface area contributed by atoms with Crippen LogP contribution in [0.2, 0.25) is 0 Å². The molecular weight excluding hydrogens is 242 g/mol. The van der Waals surface area contributed by atoms with E-state index in [2.05, 4.69) is 15.9 Å². The second-order valence-electron chi connectivity index (χ2n) is 3.83. The number of para-hydroxylation sites is 1. The molecule has 0 unspecified atom stereocenters. The molecule has 0 bridgehead atoms. The molecule has 78 valence electrons. The molecule has 1 aromatic carbocycles. The van der Waals surface area contributed by atoms with Gasteiger partial charge in [0.2, 0.25) is 0 Å². The SMILES string of the molecule is CC(C)(CCN)Oc1ccccc1Br. The van der Waals surface area contributed by atoms with E-state index in [0.717, 1.165) is 16.6 Å². The molecule has 2 N–H and O–H groups in total. The monoisotopic (exact) mass is 257 g/mol. The molecule has 0 amide bonds. The zero-order valence-corrected chi connectivity index (χ0v) is 10.2. The number of hydrogen-bond acceptors (Lipinski definition) is 2. The maximum Gasteiger partial charge on any atom is 0.134 e. The summed E-state index contributed by atoms with van der Waals surface area (Å²) < 4.78 is 6.82. The molecule has 0 radical (unpaired) electrons. The second-order valence-corrected chi connectivity index (χ2v) is 4.69. The van der Waals surface area contributed by atoms with Crippen LogP contribution >= 0.6 is 15.9 Å². The first-order valence-corrected chi connectivity index (χ1v) is 5.48. The zero-order valence-electron chi connectivity index (χ0n) is 8.59. The van der Waals surface area contributed by atoms with Crippen molar-refractivity contribution in [1.82, 2.24) is 0 Å². The Morgan fingerprint density at radius 1 is 1.36 bits per heavy atom. The Balaban J connectivity index is 2.73. The van der Waals surface area contributed by atoms with Gasteiger partial charge in [0.15, 0.2) is 0 Å². The number of nitrogens with two attached hydrogens (primary N) is 1. The minimum atomic E-state index is -0.210. The average molecular weight is 258 g/mol. The van der Waals surface area contributed by atoms with E-state index in [0.29, 0.717) is 6.54 Å². The van der Waals surface area contributed by atoms with E-state index >= 15 is 0 Å². The lowest BCUT2D eigenvalue weighted by atomic mass is 10.1. The van der Waals surface area contributed by atoms with Crippen molar-refractivity contribution in [3.63, 3.8) is 0 Å². The van der Waals surface area contributed by atoms with Gasteiger partial charge in [-0.05, 0) is 54.9 Å². The standard InChI is InChI=1S/C11H16BrNO/c1-11(2,7-8-13)14-10-6-4-3-5-9(10)12/h3-6H,7-8,13H2,1-2H3. The Bertz CT molecular complexity index is 299. The van der Waals surface area contributed by atoms with Gasteiger partial charge in [-0.25, -0.2) is 0 Å². The molecule has 0 spiro atoms. The molecule has 0 heterocycles. The molecule has 0 aliphatic carbocycles. The Morgan fingerprint density at radius 3 is 2.57 bits per heavy atom.